The molecule has 0 saturated carbocycles. The highest BCUT2D eigenvalue weighted by molar-refractivity contribution is 5.83. The van der Waals surface area contributed by atoms with Crippen molar-refractivity contribution in [2.75, 3.05) is 26.7 Å². The average molecular weight is 301 g/mol. The number of urea groups is 1. The van der Waals surface area contributed by atoms with Crippen LogP contribution in [-0.2, 0) is 9.59 Å². The second-order valence-corrected chi connectivity index (χ2v) is 5.73. The van der Waals surface area contributed by atoms with Crippen LogP contribution in [0.3, 0.4) is 0 Å². The number of carbonyl (C=O) groups excluding carboxylic acids is 2. The smallest absolute Gasteiger partial charge is 0.317 e. The van der Waals surface area contributed by atoms with Crippen LogP contribution >= 0.6 is 0 Å². The number of carbonyl (C=O) groups is 3. The van der Waals surface area contributed by atoms with E-state index in [1.54, 1.807) is 6.92 Å². The van der Waals surface area contributed by atoms with E-state index in [4.69, 9.17) is 5.11 Å². The van der Waals surface area contributed by atoms with Crippen LogP contribution in [0.5, 0.6) is 0 Å². The third kappa shape index (κ3) is 8.88. The Labute approximate surface area is 126 Å². The number of nitrogens with zero attached hydrogens (tertiary/aromatic N) is 1. The lowest BCUT2D eigenvalue weighted by atomic mass is 9.84. The molecule has 3 amide bonds. The zero-order chi connectivity index (χ0) is 16.5. The molecule has 0 rings (SSSR count). The highest BCUT2D eigenvalue weighted by Gasteiger charge is 2.20. The Kier molecular flexibility index (Phi) is 8.42. The molecule has 7 heteroatoms. The van der Waals surface area contributed by atoms with Crippen molar-refractivity contribution in [1.82, 2.24) is 15.5 Å². The fourth-order valence-corrected chi connectivity index (χ4v) is 1.77. The minimum atomic E-state index is -0.810. The van der Waals surface area contributed by atoms with E-state index >= 15 is 0 Å². The summed E-state index contributed by atoms with van der Waals surface area (Å²) in [5, 5.41) is 13.9. The van der Waals surface area contributed by atoms with Crippen molar-refractivity contribution >= 4 is 17.9 Å². The lowest BCUT2D eigenvalue weighted by Gasteiger charge is -2.25. The van der Waals surface area contributed by atoms with E-state index in [2.05, 4.69) is 10.6 Å². The first-order chi connectivity index (χ1) is 9.71. The van der Waals surface area contributed by atoms with Gasteiger partial charge in [-0.2, -0.15) is 0 Å². The van der Waals surface area contributed by atoms with Crippen molar-refractivity contribution < 1.29 is 19.5 Å². The van der Waals surface area contributed by atoms with Gasteiger partial charge in [-0.05, 0) is 25.2 Å². The van der Waals surface area contributed by atoms with Crippen molar-refractivity contribution in [3.8, 4) is 0 Å². The van der Waals surface area contributed by atoms with Crippen molar-refractivity contribution in [2.24, 2.45) is 5.41 Å². The van der Waals surface area contributed by atoms with E-state index in [1.165, 1.54) is 11.9 Å². The summed E-state index contributed by atoms with van der Waals surface area (Å²) in [6, 6.07) is -0.282. The average Bonchev–Trinajstić information content (AvgIpc) is 2.41. The molecule has 0 aliphatic carbocycles. The van der Waals surface area contributed by atoms with Gasteiger partial charge in [-0.3, -0.25) is 9.59 Å². The summed E-state index contributed by atoms with van der Waals surface area (Å²) in [6.45, 7) is 6.69. The summed E-state index contributed by atoms with van der Waals surface area (Å²) in [6.07, 6.45) is 1.37. The monoisotopic (exact) mass is 301 g/mol. The zero-order valence-corrected chi connectivity index (χ0v) is 13.4. The molecule has 122 valence electrons. The molecule has 3 N–H and O–H groups in total. The maximum atomic E-state index is 11.9. The highest BCUT2D eigenvalue weighted by Crippen LogP contribution is 2.25. The molecular formula is C14H27N3O4. The Morgan fingerprint density at radius 3 is 2.29 bits per heavy atom. The van der Waals surface area contributed by atoms with Gasteiger partial charge in [0.2, 0.25) is 5.91 Å². The Bertz CT molecular complexity index is 369. The summed E-state index contributed by atoms with van der Waals surface area (Å²) < 4.78 is 0. The van der Waals surface area contributed by atoms with Gasteiger partial charge in [0.25, 0.3) is 0 Å². The molecule has 0 spiro atoms. The Morgan fingerprint density at radius 2 is 1.81 bits per heavy atom. The molecule has 0 heterocycles. The van der Waals surface area contributed by atoms with Crippen LogP contribution in [-0.4, -0.2) is 54.6 Å². The van der Waals surface area contributed by atoms with E-state index in [1.807, 2.05) is 13.8 Å². The second-order valence-electron chi connectivity index (χ2n) is 5.73. The van der Waals surface area contributed by atoms with Crippen molar-refractivity contribution in [3.63, 3.8) is 0 Å². The lowest BCUT2D eigenvalue weighted by molar-refractivity contribution is -0.137. The summed E-state index contributed by atoms with van der Waals surface area (Å²) in [5.41, 5.74) is -0.149. The Morgan fingerprint density at radius 1 is 1.19 bits per heavy atom. The number of aliphatic carboxylic acids is 1. The van der Waals surface area contributed by atoms with Crippen molar-refractivity contribution in [1.29, 1.82) is 0 Å². The van der Waals surface area contributed by atoms with Gasteiger partial charge in [0.05, 0.1) is 0 Å². The largest absolute Gasteiger partial charge is 0.481 e. The normalized spacial score (nSPS) is 10.9. The molecule has 0 aromatic rings. The molecule has 0 atom stereocenters. The SMILES string of the molecule is CCN(CC(=O)NC)C(=O)NCCC(C)(C)CCC(=O)O. The van der Waals surface area contributed by atoms with Crippen molar-refractivity contribution in [2.45, 2.75) is 40.0 Å². The van der Waals surface area contributed by atoms with Crippen LogP contribution in [0.1, 0.15) is 40.0 Å². The predicted molar refractivity (Wildman–Crippen MR) is 80.0 cm³/mol. The first-order valence-corrected chi connectivity index (χ1v) is 7.17. The first kappa shape index (κ1) is 19.2. The van der Waals surface area contributed by atoms with Gasteiger partial charge < -0.3 is 20.6 Å². The van der Waals surface area contributed by atoms with Crippen LogP contribution in [0.25, 0.3) is 0 Å². The van der Waals surface area contributed by atoms with E-state index in [9.17, 15) is 14.4 Å². The van der Waals surface area contributed by atoms with Crippen molar-refractivity contribution in [3.05, 3.63) is 0 Å². The quantitative estimate of drug-likeness (QED) is 0.592. The molecule has 0 radical (unpaired) electrons. The number of hydrogen-bond acceptors (Lipinski definition) is 3. The number of carboxylic acids is 1. The van der Waals surface area contributed by atoms with E-state index in [0.29, 0.717) is 25.9 Å². The fourth-order valence-electron chi connectivity index (χ4n) is 1.77. The number of nitrogens with one attached hydrogen (secondary N) is 2. The molecule has 0 saturated heterocycles. The minimum Gasteiger partial charge on any atom is -0.481 e. The third-order valence-electron chi connectivity index (χ3n) is 3.38. The molecule has 0 aliphatic heterocycles. The van der Waals surface area contributed by atoms with Crippen LogP contribution in [0, 0.1) is 5.41 Å². The van der Waals surface area contributed by atoms with Gasteiger partial charge in [0.1, 0.15) is 6.54 Å². The first-order valence-electron chi connectivity index (χ1n) is 7.17. The van der Waals surface area contributed by atoms with Crippen LogP contribution in [0.15, 0.2) is 0 Å². The summed E-state index contributed by atoms with van der Waals surface area (Å²) in [7, 11) is 1.53. The Balaban J connectivity index is 4.16. The molecule has 0 fully saturated rings. The Hall–Kier alpha value is -1.79. The molecule has 0 aromatic heterocycles. The second kappa shape index (κ2) is 9.20. The molecule has 0 bridgehead atoms. The number of rotatable bonds is 9. The van der Waals surface area contributed by atoms with Gasteiger partial charge in [-0.25, -0.2) is 4.79 Å². The van der Waals surface area contributed by atoms with Gasteiger partial charge in [-0.1, -0.05) is 13.8 Å². The summed E-state index contributed by atoms with van der Waals surface area (Å²) in [5.74, 6) is -1.02. The minimum absolute atomic E-state index is 0.0290. The zero-order valence-electron chi connectivity index (χ0n) is 13.4. The van der Waals surface area contributed by atoms with Gasteiger partial charge >= 0.3 is 12.0 Å². The maximum Gasteiger partial charge on any atom is 0.317 e. The number of likely N-dealkylation sites (N-methyl/N-ethyl adjacent to an activating group) is 2. The lowest BCUT2D eigenvalue weighted by Crippen LogP contribution is -2.45. The fraction of sp³-hybridized carbons (Fsp3) is 0.786. The third-order valence-corrected chi connectivity index (χ3v) is 3.38. The summed E-state index contributed by atoms with van der Waals surface area (Å²) >= 11 is 0. The predicted octanol–water partition coefficient (Wildman–Crippen LogP) is 1.05. The molecule has 7 nitrogen and oxygen atoms in total. The topological polar surface area (TPSA) is 98.7 Å². The molecule has 21 heavy (non-hydrogen) atoms. The number of hydrogen-bond donors (Lipinski definition) is 3. The van der Waals surface area contributed by atoms with Gasteiger partial charge in [0.15, 0.2) is 0 Å². The summed E-state index contributed by atoms with van der Waals surface area (Å²) in [4.78, 5) is 35.2. The standard InChI is InChI=1S/C14H27N3O4/c1-5-17(10-11(18)15-4)13(21)16-9-8-14(2,3)7-6-12(19)20/h5-10H2,1-4H3,(H,15,18)(H,16,21)(H,19,20). The van der Waals surface area contributed by atoms with Gasteiger partial charge in [-0.15, -0.1) is 0 Å². The molecule has 0 aromatic carbocycles. The molecule has 0 aliphatic rings. The van der Waals surface area contributed by atoms with Gasteiger partial charge in [0, 0.05) is 26.6 Å². The van der Waals surface area contributed by atoms with Crippen LogP contribution in [0.4, 0.5) is 4.79 Å². The van der Waals surface area contributed by atoms with E-state index in [0.717, 1.165) is 0 Å². The van der Waals surface area contributed by atoms with Crippen LogP contribution < -0.4 is 10.6 Å². The van der Waals surface area contributed by atoms with E-state index in [-0.39, 0.29) is 30.3 Å². The number of carboxylic acid groups (broad SMARTS) is 1. The van der Waals surface area contributed by atoms with Crippen LogP contribution in [0.2, 0.25) is 0 Å². The highest BCUT2D eigenvalue weighted by atomic mass is 16.4. The number of amides is 3. The van der Waals surface area contributed by atoms with E-state index < -0.39 is 5.97 Å². The molecular weight excluding hydrogens is 274 g/mol. The molecule has 0 unspecified atom stereocenters. The maximum absolute atomic E-state index is 11.9.